The highest BCUT2D eigenvalue weighted by Crippen LogP contribution is 2.27. The first-order valence-electron chi connectivity index (χ1n) is 6.58. The Balaban J connectivity index is 0.00000400. The van der Waals surface area contributed by atoms with Crippen LogP contribution in [0.5, 0.6) is 0 Å². The van der Waals surface area contributed by atoms with Gasteiger partial charge >= 0.3 is 0 Å². The van der Waals surface area contributed by atoms with E-state index in [0.717, 1.165) is 23.5 Å². The molecular formula is C14H22ClN3O2S. The number of para-hydroxylation sites is 1. The molecule has 1 aromatic rings. The highest BCUT2D eigenvalue weighted by molar-refractivity contribution is 7.99. The molecule has 5 nitrogen and oxygen atoms in total. The quantitative estimate of drug-likeness (QED) is 0.477. The number of hydrogen-bond donors (Lipinski definition) is 3. The van der Waals surface area contributed by atoms with E-state index in [1.54, 1.807) is 0 Å². The van der Waals surface area contributed by atoms with Gasteiger partial charge in [0.05, 0.1) is 5.69 Å². The molecule has 0 heterocycles. The topological polar surface area (TPSA) is 84.2 Å². The largest absolute Gasteiger partial charge is 0.370 e. The number of halogens is 1. The lowest BCUT2D eigenvalue weighted by Crippen LogP contribution is -2.15. The molecule has 0 unspecified atom stereocenters. The highest BCUT2D eigenvalue weighted by atomic mass is 35.5. The maximum Gasteiger partial charge on any atom is 0.224 e. The number of primary amides is 1. The van der Waals surface area contributed by atoms with Crippen LogP contribution in [0.25, 0.3) is 0 Å². The molecule has 0 aliphatic rings. The van der Waals surface area contributed by atoms with Crippen molar-refractivity contribution in [1.82, 2.24) is 5.32 Å². The number of nitrogens with one attached hydrogen (secondary N) is 2. The third kappa shape index (κ3) is 8.60. The van der Waals surface area contributed by atoms with Gasteiger partial charge in [0.15, 0.2) is 0 Å². The zero-order valence-electron chi connectivity index (χ0n) is 12.1. The molecule has 1 aromatic carbocycles. The molecule has 21 heavy (non-hydrogen) atoms. The Hall–Kier alpha value is -1.24. The van der Waals surface area contributed by atoms with Crippen LogP contribution < -0.4 is 16.4 Å². The molecule has 7 heteroatoms. The Morgan fingerprint density at radius 1 is 1.24 bits per heavy atom. The van der Waals surface area contributed by atoms with Crippen LogP contribution in [0.4, 0.5) is 5.69 Å². The molecule has 118 valence electrons. The van der Waals surface area contributed by atoms with Crippen LogP contribution in [0.2, 0.25) is 0 Å². The van der Waals surface area contributed by atoms with E-state index in [4.69, 9.17) is 5.73 Å². The summed E-state index contributed by atoms with van der Waals surface area (Å²) in [4.78, 5) is 23.5. The van der Waals surface area contributed by atoms with E-state index >= 15 is 0 Å². The summed E-state index contributed by atoms with van der Waals surface area (Å²) in [5.41, 5.74) is 5.90. The van der Waals surface area contributed by atoms with Gasteiger partial charge in [-0.3, -0.25) is 9.59 Å². The number of carbonyl (C=O) groups excluding carboxylic acids is 2. The number of anilines is 1. The minimum Gasteiger partial charge on any atom is -0.370 e. The van der Waals surface area contributed by atoms with E-state index in [1.165, 1.54) is 11.8 Å². The molecule has 0 saturated carbocycles. The lowest BCUT2D eigenvalue weighted by Gasteiger charge is -2.10. The summed E-state index contributed by atoms with van der Waals surface area (Å²) in [6.45, 7) is 0.822. The summed E-state index contributed by atoms with van der Waals surface area (Å²) in [7, 11) is 1.86. The van der Waals surface area contributed by atoms with E-state index in [-0.39, 0.29) is 24.2 Å². The fraction of sp³-hybridized carbons (Fsp3) is 0.429. The van der Waals surface area contributed by atoms with Crippen molar-refractivity contribution in [2.45, 2.75) is 24.2 Å². The van der Waals surface area contributed by atoms with Crippen molar-refractivity contribution >= 4 is 41.7 Å². The van der Waals surface area contributed by atoms with Gasteiger partial charge in [-0.05, 0) is 32.1 Å². The number of benzene rings is 1. The van der Waals surface area contributed by atoms with Crippen molar-refractivity contribution in [3.8, 4) is 0 Å². The molecule has 2 amide bonds. The van der Waals surface area contributed by atoms with Crippen molar-refractivity contribution in [2.75, 3.05) is 24.7 Å². The second-order valence-corrected chi connectivity index (χ2v) is 5.45. The number of rotatable bonds is 9. The molecule has 4 N–H and O–H groups in total. The molecular weight excluding hydrogens is 310 g/mol. The minimum atomic E-state index is -0.314. The van der Waals surface area contributed by atoms with Crippen LogP contribution in [0.15, 0.2) is 29.2 Å². The van der Waals surface area contributed by atoms with Crippen molar-refractivity contribution in [3.05, 3.63) is 24.3 Å². The van der Waals surface area contributed by atoms with Gasteiger partial charge in [-0.25, -0.2) is 0 Å². The van der Waals surface area contributed by atoms with Crippen molar-refractivity contribution < 1.29 is 9.59 Å². The molecule has 0 fully saturated rings. The van der Waals surface area contributed by atoms with Crippen molar-refractivity contribution in [3.63, 3.8) is 0 Å². The first-order chi connectivity index (χ1) is 9.63. The summed E-state index contributed by atoms with van der Waals surface area (Å²) in [6.07, 6.45) is 1.62. The number of carbonyl (C=O) groups is 2. The molecule has 0 atom stereocenters. The second-order valence-electron chi connectivity index (χ2n) is 4.32. The molecule has 0 saturated heterocycles. The third-order valence-electron chi connectivity index (χ3n) is 2.60. The Morgan fingerprint density at radius 3 is 2.62 bits per heavy atom. The van der Waals surface area contributed by atoms with Gasteiger partial charge in [0.1, 0.15) is 0 Å². The maximum absolute atomic E-state index is 11.8. The Morgan fingerprint density at radius 2 is 1.95 bits per heavy atom. The predicted molar refractivity (Wildman–Crippen MR) is 90.0 cm³/mol. The molecule has 0 aliphatic carbocycles. The normalized spacial score (nSPS) is 9.76. The van der Waals surface area contributed by atoms with Crippen LogP contribution >= 0.6 is 24.2 Å². The van der Waals surface area contributed by atoms with Crippen LogP contribution in [0, 0.1) is 0 Å². The lowest BCUT2D eigenvalue weighted by molar-refractivity contribution is -0.118. The standard InChI is InChI=1S/C14H21N3O2S.ClH/c1-16-9-4-7-14(19)17-11-5-2-3-6-12(11)20-10-8-13(15)18;/h2-3,5-6,16H,4,7-10H2,1H3,(H2,15,18)(H,17,19);1H. The Kier molecular flexibility index (Phi) is 10.7. The monoisotopic (exact) mass is 331 g/mol. The van der Waals surface area contributed by atoms with E-state index in [1.807, 2.05) is 31.3 Å². The molecule has 0 bridgehead atoms. The fourth-order valence-corrected chi connectivity index (χ4v) is 2.57. The number of amides is 2. The van der Waals surface area contributed by atoms with E-state index in [2.05, 4.69) is 10.6 Å². The van der Waals surface area contributed by atoms with Gasteiger partial charge in [-0.15, -0.1) is 24.2 Å². The maximum atomic E-state index is 11.8. The van der Waals surface area contributed by atoms with Crippen LogP contribution in [-0.2, 0) is 9.59 Å². The van der Waals surface area contributed by atoms with E-state index < -0.39 is 0 Å². The fourth-order valence-electron chi connectivity index (χ4n) is 1.60. The average Bonchev–Trinajstić information content (AvgIpc) is 2.40. The van der Waals surface area contributed by atoms with Crippen LogP contribution in [0.1, 0.15) is 19.3 Å². The zero-order valence-corrected chi connectivity index (χ0v) is 13.7. The molecule has 1 rings (SSSR count). The number of hydrogen-bond acceptors (Lipinski definition) is 4. The first-order valence-corrected chi connectivity index (χ1v) is 7.56. The SMILES string of the molecule is CNCCCC(=O)Nc1ccccc1SCCC(N)=O.Cl. The Bertz CT molecular complexity index is 458. The third-order valence-corrected chi connectivity index (χ3v) is 3.67. The summed E-state index contributed by atoms with van der Waals surface area (Å²) in [6, 6.07) is 7.57. The van der Waals surface area contributed by atoms with E-state index in [0.29, 0.717) is 18.6 Å². The van der Waals surface area contributed by atoms with Gasteiger partial charge in [-0.2, -0.15) is 0 Å². The summed E-state index contributed by atoms with van der Waals surface area (Å²) >= 11 is 1.52. The number of thioether (sulfide) groups is 1. The first kappa shape index (κ1) is 19.8. The summed E-state index contributed by atoms with van der Waals surface area (Å²) < 4.78 is 0. The molecule has 0 radical (unpaired) electrons. The lowest BCUT2D eigenvalue weighted by atomic mass is 10.2. The van der Waals surface area contributed by atoms with Crippen LogP contribution in [0.3, 0.4) is 0 Å². The average molecular weight is 332 g/mol. The minimum absolute atomic E-state index is 0. The molecule has 0 aromatic heterocycles. The molecule has 0 spiro atoms. The van der Waals surface area contributed by atoms with Gasteiger partial charge < -0.3 is 16.4 Å². The van der Waals surface area contributed by atoms with Crippen molar-refractivity contribution in [1.29, 1.82) is 0 Å². The van der Waals surface area contributed by atoms with Gasteiger partial charge in [0.2, 0.25) is 11.8 Å². The second kappa shape index (κ2) is 11.4. The van der Waals surface area contributed by atoms with Crippen molar-refractivity contribution in [2.24, 2.45) is 5.73 Å². The van der Waals surface area contributed by atoms with Crippen LogP contribution in [-0.4, -0.2) is 31.2 Å². The summed E-state index contributed by atoms with van der Waals surface area (Å²) in [5.74, 6) is 0.302. The Labute approximate surface area is 135 Å². The van der Waals surface area contributed by atoms with Gasteiger partial charge in [0.25, 0.3) is 0 Å². The molecule has 0 aliphatic heterocycles. The van der Waals surface area contributed by atoms with E-state index in [9.17, 15) is 9.59 Å². The van der Waals surface area contributed by atoms with Gasteiger partial charge in [-0.1, -0.05) is 12.1 Å². The smallest absolute Gasteiger partial charge is 0.224 e. The predicted octanol–water partition coefficient (Wildman–Crippen LogP) is 2.01. The highest BCUT2D eigenvalue weighted by Gasteiger charge is 2.07. The zero-order chi connectivity index (χ0) is 14.8. The summed E-state index contributed by atoms with van der Waals surface area (Å²) in [5, 5.41) is 5.91. The number of nitrogens with two attached hydrogens (primary N) is 1. The van der Waals surface area contributed by atoms with Gasteiger partial charge in [0, 0.05) is 23.5 Å².